The van der Waals surface area contributed by atoms with Crippen LogP contribution < -0.4 is 21.2 Å². The van der Waals surface area contributed by atoms with E-state index in [2.05, 4.69) is 4.93 Å². The maximum atomic E-state index is 2.47. The SMILES string of the molecule is C[I-]C1CC2CCC(C2)C1. The van der Waals surface area contributed by atoms with Crippen molar-refractivity contribution in [1.29, 1.82) is 0 Å². The molecule has 0 heterocycles. The Morgan fingerprint density at radius 2 is 1.60 bits per heavy atom. The van der Waals surface area contributed by atoms with Crippen LogP contribution in [0.1, 0.15) is 32.1 Å². The van der Waals surface area contributed by atoms with E-state index in [0.717, 1.165) is 0 Å². The Bertz CT molecular complexity index is 110. The van der Waals surface area contributed by atoms with Crippen LogP contribution in [0.2, 0.25) is 0 Å². The molecule has 1 heteroatoms. The van der Waals surface area contributed by atoms with Crippen molar-refractivity contribution in [3.05, 3.63) is 0 Å². The molecule has 2 atom stereocenters. The van der Waals surface area contributed by atoms with E-state index in [1.54, 1.807) is 32.1 Å². The molecule has 0 spiro atoms. The Morgan fingerprint density at radius 1 is 1.00 bits per heavy atom. The predicted octanol–water partition coefficient (Wildman–Crippen LogP) is -0.716. The Kier molecular flexibility index (Phi) is 2.21. The monoisotopic (exact) mass is 251 g/mol. The van der Waals surface area contributed by atoms with E-state index in [1.807, 2.05) is 0 Å². The average molecular weight is 251 g/mol. The van der Waals surface area contributed by atoms with Gasteiger partial charge in [0.25, 0.3) is 0 Å². The Morgan fingerprint density at radius 3 is 2.10 bits per heavy atom. The molecule has 0 nitrogen and oxygen atoms in total. The molecule has 0 radical (unpaired) electrons. The van der Waals surface area contributed by atoms with Gasteiger partial charge in [0.05, 0.1) is 0 Å². The van der Waals surface area contributed by atoms with E-state index in [-0.39, 0.29) is 0 Å². The molecule has 0 saturated heterocycles. The molecule has 10 heavy (non-hydrogen) atoms. The topological polar surface area (TPSA) is 0 Å². The second-order valence-corrected chi connectivity index (χ2v) is 6.84. The normalized spacial score (nSPS) is 46.3. The molecule has 2 aliphatic rings. The van der Waals surface area contributed by atoms with Crippen molar-refractivity contribution in [2.45, 2.75) is 36.0 Å². The zero-order chi connectivity index (χ0) is 6.97. The Balaban J connectivity index is 1.96. The van der Waals surface area contributed by atoms with Gasteiger partial charge in [0.2, 0.25) is 0 Å². The fraction of sp³-hybridized carbons (Fsp3) is 1.00. The second kappa shape index (κ2) is 3.00. The summed E-state index contributed by atoms with van der Waals surface area (Å²) in [6.45, 7) is 0. The molecule has 0 aromatic rings. The van der Waals surface area contributed by atoms with E-state index < -0.39 is 0 Å². The maximum absolute atomic E-state index is 2.47. The van der Waals surface area contributed by atoms with Gasteiger partial charge in [-0.1, -0.05) is 0 Å². The van der Waals surface area contributed by atoms with Gasteiger partial charge < -0.3 is 0 Å². The fourth-order valence-corrected chi connectivity index (χ4v) is 5.06. The molecule has 0 N–H and O–H groups in total. The quantitative estimate of drug-likeness (QED) is 0.426. The summed E-state index contributed by atoms with van der Waals surface area (Å²) in [5, 5.41) is 0. The summed E-state index contributed by atoms with van der Waals surface area (Å²) in [6.07, 6.45) is 7.97. The average Bonchev–Trinajstić information content (AvgIpc) is 2.30. The molecule has 0 amide bonds. The van der Waals surface area contributed by atoms with Crippen LogP contribution in [0.25, 0.3) is 0 Å². The van der Waals surface area contributed by atoms with Crippen molar-refractivity contribution in [3.63, 3.8) is 0 Å². The minimum absolute atomic E-state index is 0.572. The van der Waals surface area contributed by atoms with Gasteiger partial charge in [-0.05, 0) is 0 Å². The Labute approximate surface area is 74.0 Å². The summed E-state index contributed by atoms with van der Waals surface area (Å²) in [5.74, 6) is 2.34. The van der Waals surface area contributed by atoms with E-state index in [0.29, 0.717) is 21.2 Å². The summed E-state index contributed by atoms with van der Waals surface area (Å²) < 4.78 is 1.21. The number of hydrogen-bond donors (Lipinski definition) is 0. The van der Waals surface area contributed by atoms with Crippen LogP contribution in [0, 0.1) is 11.8 Å². The summed E-state index contributed by atoms with van der Waals surface area (Å²) in [4.78, 5) is 2.47. The first-order valence-corrected chi connectivity index (χ1v) is 7.77. The summed E-state index contributed by atoms with van der Waals surface area (Å²) in [6, 6.07) is 0. The summed E-state index contributed by atoms with van der Waals surface area (Å²) >= 11 is 0.572. The minimum atomic E-state index is 0.572. The van der Waals surface area contributed by atoms with E-state index in [1.165, 1.54) is 15.8 Å². The zero-order valence-electron chi connectivity index (χ0n) is 6.65. The second-order valence-electron chi connectivity index (χ2n) is 3.83. The molecular formula is C9H16I-. The van der Waals surface area contributed by atoms with Gasteiger partial charge in [-0.2, -0.15) is 0 Å². The van der Waals surface area contributed by atoms with E-state index >= 15 is 0 Å². The molecule has 0 aliphatic heterocycles. The number of halogens is 1. The van der Waals surface area contributed by atoms with Crippen molar-refractivity contribution in [1.82, 2.24) is 0 Å². The first-order valence-electron chi connectivity index (χ1n) is 4.36. The predicted molar refractivity (Wildman–Crippen MR) is 39.8 cm³/mol. The molecule has 2 unspecified atom stereocenters. The van der Waals surface area contributed by atoms with Crippen molar-refractivity contribution >= 4 is 0 Å². The van der Waals surface area contributed by atoms with Crippen LogP contribution >= 0.6 is 0 Å². The van der Waals surface area contributed by atoms with Crippen molar-refractivity contribution < 1.29 is 21.2 Å². The molecule has 0 aromatic heterocycles. The van der Waals surface area contributed by atoms with Crippen LogP contribution in [0.4, 0.5) is 0 Å². The van der Waals surface area contributed by atoms with E-state index in [4.69, 9.17) is 0 Å². The van der Waals surface area contributed by atoms with Crippen LogP contribution in [0.3, 0.4) is 0 Å². The van der Waals surface area contributed by atoms with Crippen molar-refractivity contribution in [2.75, 3.05) is 4.93 Å². The third kappa shape index (κ3) is 1.34. The molecule has 2 aliphatic carbocycles. The Hall–Kier alpha value is 0.730. The number of hydrogen-bond acceptors (Lipinski definition) is 0. The van der Waals surface area contributed by atoms with Crippen LogP contribution in [0.15, 0.2) is 0 Å². The standard InChI is InChI=1S/C9H16I/c1-10-9-5-7-2-3-8(4-7)6-9/h7-9H,2-6H2,1H3/q-1. The number of fused-ring (bicyclic) bond motifs is 2. The molecule has 60 valence electrons. The first kappa shape index (κ1) is 7.38. The van der Waals surface area contributed by atoms with Crippen molar-refractivity contribution in [3.8, 4) is 0 Å². The van der Waals surface area contributed by atoms with Gasteiger partial charge >= 0.3 is 74.0 Å². The third-order valence-corrected chi connectivity index (χ3v) is 5.92. The van der Waals surface area contributed by atoms with Crippen molar-refractivity contribution in [2.24, 2.45) is 11.8 Å². The van der Waals surface area contributed by atoms with Gasteiger partial charge in [0.15, 0.2) is 0 Å². The van der Waals surface area contributed by atoms with E-state index in [9.17, 15) is 0 Å². The van der Waals surface area contributed by atoms with Crippen LogP contribution in [0.5, 0.6) is 0 Å². The summed E-state index contributed by atoms with van der Waals surface area (Å²) in [7, 11) is 0. The number of rotatable bonds is 1. The molecule has 2 rings (SSSR count). The van der Waals surface area contributed by atoms with Crippen LogP contribution in [-0.2, 0) is 0 Å². The van der Waals surface area contributed by atoms with Gasteiger partial charge in [-0.25, -0.2) is 0 Å². The summed E-state index contributed by atoms with van der Waals surface area (Å²) in [5.41, 5.74) is 0. The molecular weight excluding hydrogens is 235 g/mol. The molecule has 2 saturated carbocycles. The fourth-order valence-electron chi connectivity index (χ4n) is 2.60. The zero-order valence-corrected chi connectivity index (χ0v) is 8.80. The number of alkyl halides is 2. The van der Waals surface area contributed by atoms with Crippen LogP contribution in [-0.4, -0.2) is 8.86 Å². The van der Waals surface area contributed by atoms with Gasteiger partial charge in [-0.15, -0.1) is 0 Å². The molecule has 2 fully saturated rings. The first-order chi connectivity index (χ1) is 4.88. The molecule has 2 bridgehead atoms. The van der Waals surface area contributed by atoms with Gasteiger partial charge in [-0.3, -0.25) is 0 Å². The van der Waals surface area contributed by atoms with Gasteiger partial charge in [0.1, 0.15) is 0 Å². The van der Waals surface area contributed by atoms with Gasteiger partial charge in [0, 0.05) is 0 Å². The molecule has 0 aromatic carbocycles. The third-order valence-electron chi connectivity index (χ3n) is 3.14.